The molecule has 1 N–H and O–H groups in total. The molecule has 5 heterocycles. The Morgan fingerprint density at radius 3 is 2.65 bits per heavy atom. The minimum Gasteiger partial charge on any atom is -0.371 e. The van der Waals surface area contributed by atoms with E-state index in [1.165, 1.54) is 61.5 Å². The Hall–Kier alpha value is -2.72. The molecule has 0 spiro atoms. The molecule has 40 heavy (non-hydrogen) atoms. The van der Waals surface area contributed by atoms with Crippen LogP contribution in [0.25, 0.3) is 0 Å². The van der Waals surface area contributed by atoms with Crippen LogP contribution in [0.1, 0.15) is 30.9 Å². The van der Waals surface area contributed by atoms with Crippen molar-refractivity contribution in [1.29, 1.82) is 0 Å². The van der Waals surface area contributed by atoms with Crippen molar-refractivity contribution in [3.8, 4) is 0 Å². The van der Waals surface area contributed by atoms with Gasteiger partial charge in [0.2, 0.25) is 5.95 Å². The van der Waals surface area contributed by atoms with Crippen molar-refractivity contribution in [3.63, 3.8) is 0 Å². The maximum absolute atomic E-state index is 6.65. The number of likely N-dealkylation sites (N-methyl/N-ethyl adjacent to an activating group) is 1. The van der Waals surface area contributed by atoms with E-state index in [0.717, 1.165) is 49.9 Å². The van der Waals surface area contributed by atoms with E-state index in [2.05, 4.69) is 84.0 Å². The molecule has 0 atom stereocenters. The number of piperidine rings is 1. The molecule has 2 fully saturated rings. The van der Waals surface area contributed by atoms with Crippen LogP contribution in [0.4, 0.5) is 34.5 Å². The Morgan fingerprint density at radius 1 is 1.02 bits per heavy atom. The zero-order valence-corrected chi connectivity index (χ0v) is 24.9. The van der Waals surface area contributed by atoms with Crippen molar-refractivity contribution in [3.05, 3.63) is 58.7 Å². The number of para-hydroxylation sites is 1. The number of rotatable bonds is 6. The average molecular weight is 577 g/mol. The second kappa shape index (κ2) is 10.9. The van der Waals surface area contributed by atoms with Crippen molar-refractivity contribution in [2.24, 2.45) is 0 Å². The highest BCUT2D eigenvalue weighted by molar-refractivity contribution is 8.02. The summed E-state index contributed by atoms with van der Waals surface area (Å²) in [6, 6.07) is 14.0. The number of nitrogens with zero attached hydrogens (tertiary/aromatic N) is 7. The molecule has 2 aromatic carbocycles. The van der Waals surface area contributed by atoms with Gasteiger partial charge in [0, 0.05) is 63.2 Å². The monoisotopic (exact) mass is 576 g/mol. The second-order valence-corrected chi connectivity index (χ2v) is 12.6. The van der Waals surface area contributed by atoms with E-state index in [9.17, 15) is 0 Å². The average Bonchev–Trinajstić information content (AvgIpc) is 3.58. The van der Waals surface area contributed by atoms with E-state index in [1.807, 2.05) is 0 Å². The van der Waals surface area contributed by atoms with Crippen molar-refractivity contribution in [1.82, 2.24) is 19.8 Å². The van der Waals surface area contributed by atoms with Crippen molar-refractivity contribution >= 4 is 58.3 Å². The topological polar surface area (TPSA) is 54.0 Å². The molecule has 3 aromatic rings. The Morgan fingerprint density at radius 2 is 1.85 bits per heavy atom. The van der Waals surface area contributed by atoms with Gasteiger partial charge in [-0.1, -0.05) is 30.7 Å². The predicted molar refractivity (Wildman–Crippen MR) is 168 cm³/mol. The maximum atomic E-state index is 6.65. The van der Waals surface area contributed by atoms with Gasteiger partial charge < -0.3 is 15.1 Å². The molecule has 2 saturated heterocycles. The van der Waals surface area contributed by atoms with Crippen molar-refractivity contribution < 1.29 is 0 Å². The largest absolute Gasteiger partial charge is 0.371 e. The number of aryl methyl sites for hydroxylation is 1. The van der Waals surface area contributed by atoms with Crippen LogP contribution in [0.2, 0.25) is 5.02 Å². The fourth-order valence-corrected chi connectivity index (χ4v) is 7.83. The van der Waals surface area contributed by atoms with Crippen LogP contribution in [0.15, 0.2) is 42.6 Å². The third-order valence-corrected chi connectivity index (χ3v) is 10.2. The number of hydrogen-bond acceptors (Lipinski definition) is 9. The normalized spacial score (nSPS) is 19.9. The smallest absolute Gasteiger partial charge is 0.229 e. The summed E-state index contributed by atoms with van der Waals surface area (Å²) in [4.78, 5) is 17.1. The molecule has 0 saturated carbocycles. The van der Waals surface area contributed by atoms with Gasteiger partial charge in [-0.3, -0.25) is 9.21 Å². The molecule has 10 heteroatoms. The lowest BCUT2D eigenvalue weighted by Gasteiger charge is -2.42. The lowest BCUT2D eigenvalue weighted by molar-refractivity contribution is 0.0982. The molecule has 4 aliphatic heterocycles. The number of piperazine rings is 1. The van der Waals surface area contributed by atoms with E-state index in [4.69, 9.17) is 16.6 Å². The lowest BCUT2D eigenvalue weighted by atomic mass is 10.0. The summed E-state index contributed by atoms with van der Waals surface area (Å²) in [5.74, 6) is 1.27. The number of aromatic nitrogens is 2. The SMILES string of the molecule is CCc1cc(N2CCC(N3CCN(C)CC3)CC2)ccc1Nc1ncc(Cl)c(N2SN3CCc4cccc2c43)n1. The molecule has 1 aromatic heterocycles. The van der Waals surface area contributed by atoms with Gasteiger partial charge in [0.05, 0.1) is 29.7 Å². The Labute approximate surface area is 246 Å². The van der Waals surface area contributed by atoms with Crippen LogP contribution in [0.5, 0.6) is 0 Å². The molecule has 0 bridgehead atoms. The van der Waals surface area contributed by atoms with Crippen LogP contribution in [-0.2, 0) is 12.8 Å². The molecule has 7 rings (SSSR count). The first-order valence-corrected chi connectivity index (χ1v) is 15.7. The van der Waals surface area contributed by atoms with Gasteiger partial charge in [-0.25, -0.2) is 9.29 Å². The van der Waals surface area contributed by atoms with Gasteiger partial charge in [-0.2, -0.15) is 4.98 Å². The highest BCUT2D eigenvalue weighted by Crippen LogP contribution is 2.53. The van der Waals surface area contributed by atoms with E-state index >= 15 is 0 Å². The molecule has 210 valence electrons. The molecule has 0 radical (unpaired) electrons. The molecule has 0 amide bonds. The van der Waals surface area contributed by atoms with Gasteiger partial charge in [-0.05, 0) is 68.1 Å². The highest BCUT2D eigenvalue weighted by Gasteiger charge is 2.36. The van der Waals surface area contributed by atoms with Crippen LogP contribution < -0.4 is 18.8 Å². The van der Waals surface area contributed by atoms with Gasteiger partial charge in [0.1, 0.15) is 5.02 Å². The second-order valence-electron chi connectivity index (χ2n) is 11.3. The first kappa shape index (κ1) is 26.2. The van der Waals surface area contributed by atoms with Crippen molar-refractivity contribution in [2.45, 2.75) is 38.6 Å². The number of hydrogen-bond donors (Lipinski definition) is 1. The Kier molecular flexibility index (Phi) is 7.16. The van der Waals surface area contributed by atoms with Crippen molar-refractivity contribution in [2.75, 3.05) is 71.7 Å². The van der Waals surface area contributed by atoms with Crippen LogP contribution in [0, 0.1) is 0 Å². The molecule has 0 unspecified atom stereocenters. The number of nitrogens with one attached hydrogen (secondary N) is 1. The van der Waals surface area contributed by atoms with E-state index in [1.54, 1.807) is 18.3 Å². The summed E-state index contributed by atoms with van der Waals surface area (Å²) in [6.45, 7) is 10.2. The summed E-state index contributed by atoms with van der Waals surface area (Å²) in [6.07, 6.45) is 6.20. The fraction of sp³-hybridized carbons (Fsp3) is 0.467. The van der Waals surface area contributed by atoms with Gasteiger partial charge >= 0.3 is 0 Å². The minimum atomic E-state index is 0.544. The number of halogens is 1. The summed E-state index contributed by atoms with van der Waals surface area (Å²) in [5.41, 5.74) is 7.44. The molecular formula is C30H37ClN8S. The van der Waals surface area contributed by atoms with Gasteiger partial charge in [0.15, 0.2) is 5.82 Å². The quantitative estimate of drug-likeness (QED) is 0.371. The van der Waals surface area contributed by atoms with E-state index in [0.29, 0.717) is 16.8 Å². The third-order valence-electron chi connectivity index (χ3n) is 8.85. The summed E-state index contributed by atoms with van der Waals surface area (Å²) in [5, 5.41) is 4.04. The van der Waals surface area contributed by atoms with Crippen LogP contribution >= 0.6 is 23.7 Å². The number of benzene rings is 2. The van der Waals surface area contributed by atoms with Crippen LogP contribution in [-0.4, -0.2) is 78.7 Å². The maximum Gasteiger partial charge on any atom is 0.229 e. The zero-order valence-electron chi connectivity index (χ0n) is 23.3. The number of anilines is 6. The molecule has 4 aliphatic rings. The molecular weight excluding hydrogens is 540 g/mol. The minimum absolute atomic E-state index is 0.544. The van der Waals surface area contributed by atoms with Gasteiger partial charge in [-0.15, -0.1) is 0 Å². The first-order chi connectivity index (χ1) is 19.6. The van der Waals surface area contributed by atoms with E-state index in [-0.39, 0.29) is 0 Å². The zero-order chi connectivity index (χ0) is 27.2. The third kappa shape index (κ3) is 4.87. The van der Waals surface area contributed by atoms with E-state index < -0.39 is 0 Å². The fourth-order valence-electron chi connectivity index (χ4n) is 6.49. The molecule has 8 nitrogen and oxygen atoms in total. The van der Waals surface area contributed by atoms with Crippen LogP contribution in [0.3, 0.4) is 0 Å². The lowest BCUT2D eigenvalue weighted by Crippen LogP contribution is -2.52. The predicted octanol–water partition coefficient (Wildman–Crippen LogP) is 5.73. The molecule has 0 aliphatic carbocycles. The summed E-state index contributed by atoms with van der Waals surface area (Å²) < 4.78 is 4.46. The standard InChI is InChI=1S/C30H37ClN8S/c1-3-21-19-24(36-12-10-23(11-13-36)37-17-15-35(2)16-18-37)7-8-26(21)33-30-32-20-25(31)29(34-30)39-27-6-4-5-22-9-14-38(40-39)28(22)27/h4-8,19-20,23H,3,9-18H2,1-2H3,(H,32,33,34). The Bertz CT molecular complexity index is 1390. The summed E-state index contributed by atoms with van der Waals surface area (Å²) >= 11 is 8.31. The van der Waals surface area contributed by atoms with Gasteiger partial charge in [0.25, 0.3) is 0 Å². The highest BCUT2D eigenvalue weighted by atomic mass is 35.5. The summed E-state index contributed by atoms with van der Waals surface area (Å²) in [7, 11) is 2.23. The first-order valence-electron chi connectivity index (χ1n) is 14.5. The Balaban J connectivity index is 1.06.